The lowest BCUT2D eigenvalue weighted by Crippen LogP contribution is -2.22. The molecule has 0 aliphatic heterocycles. The van der Waals surface area contributed by atoms with Gasteiger partial charge < -0.3 is 10.5 Å². The number of nitrogens with two attached hydrogens (primary N) is 1. The van der Waals surface area contributed by atoms with E-state index < -0.39 is 0 Å². The zero-order chi connectivity index (χ0) is 14.7. The van der Waals surface area contributed by atoms with Crippen molar-refractivity contribution in [3.63, 3.8) is 0 Å². The smallest absolute Gasteiger partial charge is 0.225 e. The molecule has 0 unspecified atom stereocenters. The molecule has 4 heteroatoms. The number of nitrogens with one attached hydrogen (secondary N) is 1. The lowest BCUT2D eigenvalue weighted by atomic mass is 9.94. The fourth-order valence-corrected chi connectivity index (χ4v) is 3.42. The third kappa shape index (κ3) is 3.36. The molecule has 0 spiro atoms. The second-order valence-corrected chi connectivity index (χ2v) is 6.30. The van der Waals surface area contributed by atoms with E-state index >= 15 is 0 Å². The molecule has 1 aromatic rings. The average Bonchev–Trinajstić information content (AvgIpc) is 2.75. The van der Waals surface area contributed by atoms with Gasteiger partial charge in [-0.25, -0.2) is 4.98 Å². The Morgan fingerprint density at radius 1 is 1.10 bits per heavy atom. The van der Waals surface area contributed by atoms with Crippen LogP contribution in [0.5, 0.6) is 5.88 Å². The first-order chi connectivity index (χ1) is 10.2. The number of amidine groups is 1. The van der Waals surface area contributed by atoms with Gasteiger partial charge in [-0.3, -0.25) is 5.41 Å². The molecule has 114 valence electrons. The Hall–Kier alpha value is -1.58. The van der Waals surface area contributed by atoms with Crippen LogP contribution in [-0.4, -0.2) is 16.9 Å². The summed E-state index contributed by atoms with van der Waals surface area (Å²) in [7, 11) is 0. The fraction of sp³-hybridized carbons (Fsp3) is 0.647. The second-order valence-electron chi connectivity index (χ2n) is 6.30. The summed E-state index contributed by atoms with van der Waals surface area (Å²) < 4.78 is 6.16. The highest BCUT2D eigenvalue weighted by atomic mass is 16.5. The van der Waals surface area contributed by atoms with Crippen molar-refractivity contribution in [3.05, 3.63) is 22.9 Å². The van der Waals surface area contributed by atoms with Gasteiger partial charge in [0.05, 0.1) is 5.56 Å². The Bertz CT molecular complexity index is 519. The molecule has 1 heterocycles. The molecule has 0 radical (unpaired) electrons. The third-order valence-electron chi connectivity index (χ3n) is 4.64. The van der Waals surface area contributed by atoms with Crippen molar-refractivity contribution in [3.8, 4) is 5.88 Å². The Kier molecular flexibility index (Phi) is 4.42. The summed E-state index contributed by atoms with van der Waals surface area (Å²) in [5.41, 5.74) is 8.83. The largest absolute Gasteiger partial charge is 0.474 e. The van der Waals surface area contributed by atoms with Gasteiger partial charge in [-0.1, -0.05) is 12.8 Å². The third-order valence-corrected chi connectivity index (χ3v) is 4.64. The summed E-state index contributed by atoms with van der Waals surface area (Å²) in [6.07, 6.45) is 12.0. The molecule has 3 rings (SSSR count). The number of nitrogens with zero attached hydrogens (tertiary/aromatic N) is 1. The van der Waals surface area contributed by atoms with Crippen LogP contribution in [0, 0.1) is 5.41 Å². The number of aryl methyl sites for hydroxylation is 2. The first-order valence-corrected chi connectivity index (χ1v) is 8.28. The SMILES string of the molecule is N=C(N)c1cc2c(nc1OC1CCCCCC1)CCCC2. The van der Waals surface area contributed by atoms with Gasteiger partial charge in [-0.05, 0) is 63.0 Å². The van der Waals surface area contributed by atoms with E-state index in [1.165, 1.54) is 44.1 Å². The lowest BCUT2D eigenvalue weighted by molar-refractivity contribution is 0.175. The summed E-state index contributed by atoms with van der Waals surface area (Å²) in [6.45, 7) is 0. The summed E-state index contributed by atoms with van der Waals surface area (Å²) in [6, 6.07) is 2.04. The van der Waals surface area contributed by atoms with E-state index in [-0.39, 0.29) is 11.9 Å². The molecule has 1 aromatic heterocycles. The molecule has 0 aromatic carbocycles. The van der Waals surface area contributed by atoms with Gasteiger partial charge in [-0.2, -0.15) is 0 Å². The van der Waals surface area contributed by atoms with Crippen LogP contribution in [-0.2, 0) is 12.8 Å². The van der Waals surface area contributed by atoms with Crippen LogP contribution in [0.15, 0.2) is 6.07 Å². The van der Waals surface area contributed by atoms with Crippen LogP contribution >= 0.6 is 0 Å². The van der Waals surface area contributed by atoms with Crippen molar-refractivity contribution in [2.75, 3.05) is 0 Å². The Morgan fingerprint density at radius 3 is 2.52 bits per heavy atom. The fourth-order valence-electron chi connectivity index (χ4n) is 3.42. The number of hydrogen-bond donors (Lipinski definition) is 2. The van der Waals surface area contributed by atoms with Crippen LogP contribution in [0.1, 0.15) is 68.2 Å². The zero-order valence-electron chi connectivity index (χ0n) is 12.7. The van der Waals surface area contributed by atoms with E-state index in [0.29, 0.717) is 11.4 Å². The molecular weight excluding hydrogens is 262 g/mol. The zero-order valence-corrected chi connectivity index (χ0v) is 12.7. The maximum atomic E-state index is 7.81. The molecular formula is C17H25N3O. The van der Waals surface area contributed by atoms with E-state index in [9.17, 15) is 0 Å². The van der Waals surface area contributed by atoms with E-state index in [1.807, 2.05) is 6.07 Å². The van der Waals surface area contributed by atoms with E-state index in [4.69, 9.17) is 20.9 Å². The first-order valence-electron chi connectivity index (χ1n) is 8.28. The predicted octanol–water partition coefficient (Wildman–Crippen LogP) is 3.35. The standard InChI is InChI=1S/C17H25N3O/c18-16(19)14-11-12-7-5-6-10-15(12)20-17(14)21-13-8-3-1-2-4-9-13/h11,13H,1-10H2,(H3,18,19). The molecule has 21 heavy (non-hydrogen) atoms. The van der Waals surface area contributed by atoms with Crippen molar-refractivity contribution < 1.29 is 4.74 Å². The minimum absolute atomic E-state index is 0.0690. The van der Waals surface area contributed by atoms with Crippen molar-refractivity contribution in [2.24, 2.45) is 5.73 Å². The van der Waals surface area contributed by atoms with Crippen molar-refractivity contribution in [1.29, 1.82) is 5.41 Å². The highest BCUT2D eigenvalue weighted by Gasteiger charge is 2.21. The molecule has 4 nitrogen and oxygen atoms in total. The van der Waals surface area contributed by atoms with Crippen LogP contribution in [0.25, 0.3) is 0 Å². The molecule has 2 aliphatic rings. The summed E-state index contributed by atoms with van der Waals surface area (Å²) in [4.78, 5) is 4.72. The van der Waals surface area contributed by atoms with Crippen LogP contribution in [0.2, 0.25) is 0 Å². The number of rotatable bonds is 3. The molecule has 2 aliphatic carbocycles. The van der Waals surface area contributed by atoms with Crippen LogP contribution < -0.4 is 10.5 Å². The highest BCUT2D eigenvalue weighted by Crippen LogP contribution is 2.28. The highest BCUT2D eigenvalue weighted by molar-refractivity contribution is 5.97. The van der Waals surface area contributed by atoms with Gasteiger partial charge >= 0.3 is 0 Å². The lowest BCUT2D eigenvalue weighted by Gasteiger charge is -2.22. The molecule has 3 N–H and O–H groups in total. The number of pyridine rings is 1. The molecule has 1 fully saturated rings. The summed E-state index contributed by atoms with van der Waals surface area (Å²) in [5, 5.41) is 7.81. The van der Waals surface area contributed by atoms with Crippen molar-refractivity contribution in [1.82, 2.24) is 4.98 Å². The number of fused-ring (bicyclic) bond motifs is 1. The minimum atomic E-state index is 0.0690. The van der Waals surface area contributed by atoms with Gasteiger partial charge in [0.2, 0.25) is 5.88 Å². The molecule has 0 atom stereocenters. The first kappa shape index (κ1) is 14.4. The molecule has 0 saturated heterocycles. The maximum absolute atomic E-state index is 7.81. The van der Waals surface area contributed by atoms with Gasteiger partial charge in [0.15, 0.2) is 0 Å². The number of hydrogen-bond acceptors (Lipinski definition) is 3. The van der Waals surface area contributed by atoms with Crippen LogP contribution in [0.4, 0.5) is 0 Å². The van der Waals surface area contributed by atoms with Gasteiger partial charge in [0.1, 0.15) is 11.9 Å². The summed E-state index contributed by atoms with van der Waals surface area (Å²) >= 11 is 0. The van der Waals surface area contributed by atoms with Crippen LogP contribution in [0.3, 0.4) is 0 Å². The monoisotopic (exact) mass is 287 g/mol. The Labute approximate surface area is 126 Å². The van der Waals surface area contributed by atoms with E-state index in [1.54, 1.807) is 0 Å². The minimum Gasteiger partial charge on any atom is -0.474 e. The van der Waals surface area contributed by atoms with E-state index in [2.05, 4.69) is 0 Å². The normalized spacial score (nSPS) is 19.6. The predicted molar refractivity (Wildman–Crippen MR) is 84.0 cm³/mol. The van der Waals surface area contributed by atoms with E-state index in [0.717, 1.165) is 31.4 Å². The Morgan fingerprint density at radius 2 is 1.81 bits per heavy atom. The van der Waals surface area contributed by atoms with Gasteiger partial charge in [0, 0.05) is 5.69 Å². The van der Waals surface area contributed by atoms with Gasteiger partial charge in [-0.15, -0.1) is 0 Å². The van der Waals surface area contributed by atoms with Gasteiger partial charge in [0.25, 0.3) is 0 Å². The maximum Gasteiger partial charge on any atom is 0.225 e. The second kappa shape index (κ2) is 6.46. The molecule has 1 saturated carbocycles. The number of ether oxygens (including phenoxy) is 1. The Balaban J connectivity index is 1.86. The van der Waals surface area contributed by atoms with Crippen molar-refractivity contribution in [2.45, 2.75) is 70.3 Å². The topological polar surface area (TPSA) is 72.0 Å². The number of aromatic nitrogens is 1. The summed E-state index contributed by atoms with van der Waals surface area (Å²) in [5.74, 6) is 0.662. The number of nitrogen functional groups attached to an aromatic ring is 1. The van der Waals surface area contributed by atoms with Crippen molar-refractivity contribution >= 4 is 5.84 Å². The average molecular weight is 287 g/mol. The molecule has 0 amide bonds. The molecule has 0 bridgehead atoms. The quantitative estimate of drug-likeness (QED) is 0.509.